The van der Waals surface area contributed by atoms with Crippen molar-refractivity contribution >= 4 is 29.9 Å². The summed E-state index contributed by atoms with van der Waals surface area (Å²) in [5.74, 6) is 1.90. The largest absolute Gasteiger partial charge is 0.396 e. The number of hydrogen-bond donors (Lipinski definition) is 2. The monoisotopic (exact) mass is 425 g/mol. The average Bonchev–Trinajstić information content (AvgIpc) is 2.51. The topological polar surface area (TPSA) is 47.9 Å². The molecule has 1 saturated heterocycles. The molecule has 0 unspecified atom stereocenters. The number of guanidine groups is 1. The molecule has 22 heavy (non-hydrogen) atoms. The minimum Gasteiger partial charge on any atom is -0.396 e. The third-order valence-corrected chi connectivity index (χ3v) is 5.12. The first-order valence-electron chi connectivity index (χ1n) is 8.75. The lowest BCUT2D eigenvalue weighted by Gasteiger charge is -2.34. The molecule has 132 valence electrons. The predicted octanol–water partition coefficient (Wildman–Crippen LogP) is 3.49. The molecule has 0 radical (unpaired) electrons. The number of aliphatic imine (C=N–C) groups is 1. The molecule has 0 bridgehead atoms. The second-order valence-electron chi connectivity index (χ2n) is 6.52. The Labute approximate surface area is 154 Å². The molecule has 0 aromatic carbocycles. The van der Waals surface area contributed by atoms with Crippen molar-refractivity contribution < 1.29 is 5.11 Å². The lowest BCUT2D eigenvalue weighted by Crippen LogP contribution is -2.46. The maximum Gasteiger partial charge on any atom is 0.193 e. The lowest BCUT2D eigenvalue weighted by atomic mass is 9.79. The van der Waals surface area contributed by atoms with E-state index in [1.165, 1.54) is 12.8 Å². The van der Waals surface area contributed by atoms with E-state index in [1.54, 1.807) is 0 Å². The molecule has 5 heteroatoms. The van der Waals surface area contributed by atoms with Gasteiger partial charge in [-0.2, -0.15) is 0 Å². The van der Waals surface area contributed by atoms with Crippen LogP contribution >= 0.6 is 24.0 Å². The van der Waals surface area contributed by atoms with Gasteiger partial charge in [0.2, 0.25) is 0 Å². The fourth-order valence-corrected chi connectivity index (χ4v) is 3.03. The van der Waals surface area contributed by atoms with Crippen molar-refractivity contribution in [3.05, 3.63) is 0 Å². The number of nitrogens with one attached hydrogen (secondary N) is 1. The van der Waals surface area contributed by atoms with E-state index >= 15 is 0 Å². The highest BCUT2D eigenvalue weighted by atomic mass is 127. The Bertz CT molecular complexity index is 311. The second kappa shape index (κ2) is 11.5. The van der Waals surface area contributed by atoms with Crippen LogP contribution in [-0.2, 0) is 0 Å². The smallest absolute Gasteiger partial charge is 0.193 e. The lowest BCUT2D eigenvalue weighted by molar-refractivity contribution is 0.174. The van der Waals surface area contributed by atoms with Gasteiger partial charge in [0.05, 0.1) is 0 Å². The van der Waals surface area contributed by atoms with Crippen molar-refractivity contribution in [1.29, 1.82) is 0 Å². The summed E-state index contributed by atoms with van der Waals surface area (Å²) in [6.07, 6.45) is 5.51. The standard InChI is InChI=1S/C17H35N3O.HI/c1-5-17(6-2,10-13-21)14-19-16(18-7-3)20-11-8-15(4)9-12-20;/h15,21H,5-14H2,1-4H3,(H,18,19);1H. The molecule has 1 rings (SSSR count). The summed E-state index contributed by atoms with van der Waals surface area (Å²) in [7, 11) is 0. The van der Waals surface area contributed by atoms with Crippen LogP contribution < -0.4 is 5.32 Å². The normalized spacial score (nSPS) is 17.3. The molecule has 2 N–H and O–H groups in total. The fourth-order valence-electron chi connectivity index (χ4n) is 3.03. The van der Waals surface area contributed by atoms with E-state index in [0.717, 1.165) is 57.3 Å². The highest BCUT2D eigenvalue weighted by molar-refractivity contribution is 14.0. The number of nitrogens with zero attached hydrogens (tertiary/aromatic N) is 2. The summed E-state index contributed by atoms with van der Waals surface area (Å²) in [4.78, 5) is 7.32. The van der Waals surface area contributed by atoms with Crippen molar-refractivity contribution in [2.75, 3.05) is 32.8 Å². The highest BCUT2D eigenvalue weighted by Crippen LogP contribution is 2.30. The van der Waals surface area contributed by atoms with Gasteiger partial charge in [-0.3, -0.25) is 4.99 Å². The van der Waals surface area contributed by atoms with Crippen molar-refractivity contribution in [1.82, 2.24) is 10.2 Å². The zero-order valence-corrected chi connectivity index (χ0v) is 17.2. The van der Waals surface area contributed by atoms with Crippen LogP contribution in [0.25, 0.3) is 0 Å². The van der Waals surface area contributed by atoms with Gasteiger partial charge in [0, 0.05) is 32.8 Å². The summed E-state index contributed by atoms with van der Waals surface area (Å²) in [6, 6.07) is 0. The Morgan fingerprint density at radius 2 is 1.82 bits per heavy atom. The van der Waals surface area contributed by atoms with Crippen LogP contribution in [0.15, 0.2) is 4.99 Å². The molecule has 0 amide bonds. The van der Waals surface area contributed by atoms with Crippen molar-refractivity contribution in [2.24, 2.45) is 16.3 Å². The first-order chi connectivity index (χ1) is 10.1. The SMILES string of the molecule is CCNC(=NCC(CC)(CC)CCO)N1CCC(C)CC1.I. The van der Waals surface area contributed by atoms with Crippen molar-refractivity contribution in [3.8, 4) is 0 Å². The molecule has 0 atom stereocenters. The third-order valence-electron chi connectivity index (χ3n) is 5.12. The molecule has 1 fully saturated rings. The number of aliphatic hydroxyl groups excluding tert-OH is 1. The molecule has 0 aromatic rings. The number of aliphatic hydroxyl groups is 1. The van der Waals surface area contributed by atoms with E-state index < -0.39 is 0 Å². The molecule has 1 heterocycles. The van der Waals surface area contributed by atoms with E-state index in [1.807, 2.05) is 0 Å². The molecule has 0 spiro atoms. The van der Waals surface area contributed by atoms with Gasteiger partial charge < -0.3 is 15.3 Å². The van der Waals surface area contributed by atoms with E-state index in [4.69, 9.17) is 4.99 Å². The third kappa shape index (κ3) is 6.60. The maximum absolute atomic E-state index is 9.34. The van der Waals surface area contributed by atoms with Crippen LogP contribution in [0.2, 0.25) is 0 Å². The Kier molecular flexibility index (Phi) is 11.5. The van der Waals surface area contributed by atoms with Gasteiger partial charge in [-0.25, -0.2) is 0 Å². The maximum atomic E-state index is 9.34. The van der Waals surface area contributed by atoms with Crippen LogP contribution in [0, 0.1) is 11.3 Å². The van der Waals surface area contributed by atoms with Gasteiger partial charge in [-0.1, -0.05) is 20.8 Å². The average molecular weight is 425 g/mol. The van der Waals surface area contributed by atoms with Crippen molar-refractivity contribution in [2.45, 2.75) is 59.8 Å². The Balaban J connectivity index is 0.00000441. The van der Waals surface area contributed by atoms with Gasteiger partial charge in [0.15, 0.2) is 5.96 Å². The molecule has 1 aliphatic rings. The number of rotatable bonds is 7. The van der Waals surface area contributed by atoms with Gasteiger partial charge >= 0.3 is 0 Å². The van der Waals surface area contributed by atoms with Gasteiger partial charge in [-0.05, 0) is 50.4 Å². The Morgan fingerprint density at radius 3 is 2.27 bits per heavy atom. The van der Waals surface area contributed by atoms with Gasteiger partial charge in [0.1, 0.15) is 0 Å². The molecule has 0 aliphatic carbocycles. The van der Waals surface area contributed by atoms with E-state index in [-0.39, 0.29) is 36.0 Å². The Morgan fingerprint density at radius 1 is 1.23 bits per heavy atom. The van der Waals surface area contributed by atoms with Crippen LogP contribution in [-0.4, -0.2) is 48.8 Å². The van der Waals surface area contributed by atoms with Crippen LogP contribution in [0.3, 0.4) is 0 Å². The number of halogens is 1. The minimum absolute atomic E-state index is 0. The van der Waals surface area contributed by atoms with E-state index in [9.17, 15) is 5.11 Å². The van der Waals surface area contributed by atoms with Crippen LogP contribution in [0.5, 0.6) is 0 Å². The summed E-state index contributed by atoms with van der Waals surface area (Å²) in [6.45, 7) is 13.1. The predicted molar refractivity (Wildman–Crippen MR) is 106 cm³/mol. The van der Waals surface area contributed by atoms with Crippen LogP contribution in [0.1, 0.15) is 59.8 Å². The fraction of sp³-hybridized carbons (Fsp3) is 0.941. The quantitative estimate of drug-likeness (QED) is 0.373. The molecule has 0 saturated carbocycles. The van der Waals surface area contributed by atoms with E-state index in [2.05, 4.69) is 37.9 Å². The molecular formula is C17H36IN3O. The number of hydrogen-bond acceptors (Lipinski definition) is 2. The minimum atomic E-state index is 0. The zero-order chi connectivity index (χ0) is 15.7. The second-order valence-corrected chi connectivity index (χ2v) is 6.52. The van der Waals surface area contributed by atoms with Crippen LogP contribution in [0.4, 0.5) is 0 Å². The summed E-state index contributed by atoms with van der Waals surface area (Å²) in [5.41, 5.74) is 0.151. The molecule has 0 aromatic heterocycles. The first-order valence-corrected chi connectivity index (χ1v) is 8.75. The summed E-state index contributed by atoms with van der Waals surface area (Å²) < 4.78 is 0. The molecule has 1 aliphatic heterocycles. The summed E-state index contributed by atoms with van der Waals surface area (Å²) >= 11 is 0. The molecule has 4 nitrogen and oxygen atoms in total. The summed E-state index contributed by atoms with van der Waals surface area (Å²) in [5, 5.41) is 12.8. The Hall–Kier alpha value is -0.0400. The van der Waals surface area contributed by atoms with Crippen molar-refractivity contribution in [3.63, 3.8) is 0 Å². The van der Waals surface area contributed by atoms with Gasteiger partial charge in [0.25, 0.3) is 0 Å². The molecular weight excluding hydrogens is 389 g/mol. The van der Waals surface area contributed by atoms with E-state index in [0.29, 0.717) is 0 Å². The number of piperidine rings is 1. The zero-order valence-electron chi connectivity index (χ0n) is 14.9. The highest BCUT2D eigenvalue weighted by Gasteiger charge is 2.26. The van der Waals surface area contributed by atoms with Gasteiger partial charge in [-0.15, -0.1) is 24.0 Å². The number of likely N-dealkylation sites (tertiary alicyclic amines) is 1. The first kappa shape index (κ1) is 22.0.